The number of aromatic nitrogens is 2. The molecule has 100 valence electrons. The largest absolute Gasteiger partial charge is 0.373 e. The predicted octanol–water partition coefficient (Wildman–Crippen LogP) is 3.02. The second kappa shape index (κ2) is 5.55. The van der Waals surface area contributed by atoms with Crippen molar-refractivity contribution in [1.82, 2.24) is 9.97 Å². The number of hydrogen-bond acceptors (Lipinski definition) is 4. The first-order chi connectivity index (χ1) is 8.65. The van der Waals surface area contributed by atoms with E-state index < -0.39 is 0 Å². The standard InChI is InChI=1S/C14H24N4/c1-5-6-10(2)18(4)13-9-12(15-3)16-14(17-13)11-7-8-11/h9-11H,5-8H2,1-4H3,(H,15,16,17). The Morgan fingerprint density at radius 2 is 2.17 bits per heavy atom. The normalized spacial score (nSPS) is 16.4. The molecule has 1 saturated carbocycles. The zero-order chi connectivity index (χ0) is 13.1. The summed E-state index contributed by atoms with van der Waals surface area (Å²) in [6.45, 7) is 4.47. The third-order valence-corrected chi connectivity index (χ3v) is 3.66. The predicted molar refractivity (Wildman–Crippen MR) is 76.3 cm³/mol. The Hall–Kier alpha value is -1.32. The number of hydrogen-bond donors (Lipinski definition) is 1. The number of rotatable bonds is 6. The summed E-state index contributed by atoms with van der Waals surface area (Å²) in [4.78, 5) is 11.5. The highest BCUT2D eigenvalue weighted by atomic mass is 15.2. The van der Waals surface area contributed by atoms with Crippen molar-refractivity contribution in [2.75, 3.05) is 24.3 Å². The van der Waals surface area contributed by atoms with E-state index in [1.54, 1.807) is 0 Å². The molecule has 1 N–H and O–H groups in total. The Morgan fingerprint density at radius 3 is 2.72 bits per heavy atom. The van der Waals surface area contributed by atoms with Crippen LogP contribution in [0.5, 0.6) is 0 Å². The maximum Gasteiger partial charge on any atom is 0.136 e. The van der Waals surface area contributed by atoms with Crippen LogP contribution in [0.25, 0.3) is 0 Å². The van der Waals surface area contributed by atoms with Crippen LogP contribution in [0.15, 0.2) is 6.07 Å². The summed E-state index contributed by atoms with van der Waals surface area (Å²) in [6.07, 6.45) is 4.86. The molecule has 0 aliphatic heterocycles. The molecule has 18 heavy (non-hydrogen) atoms. The molecule has 0 bridgehead atoms. The zero-order valence-corrected chi connectivity index (χ0v) is 11.9. The molecule has 0 aromatic carbocycles. The lowest BCUT2D eigenvalue weighted by atomic mass is 10.2. The van der Waals surface area contributed by atoms with E-state index >= 15 is 0 Å². The molecule has 0 radical (unpaired) electrons. The van der Waals surface area contributed by atoms with Gasteiger partial charge in [0.2, 0.25) is 0 Å². The van der Waals surface area contributed by atoms with Crippen molar-refractivity contribution in [3.05, 3.63) is 11.9 Å². The third kappa shape index (κ3) is 2.92. The van der Waals surface area contributed by atoms with E-state index in [0.29, 0.717) is 12.0 Å². The van der Waals surface area contributed by atoms with Gasteiger partial charge >= 0.3 is 0 Å². The molecule has 1 aromatic rings. The van der Waals surface area contributed by atoms with Crippen LogP contribution >= 0.6 is 0 Å². The number of nitrogens with zero attached hydrogens (tertiary/aromatic N) is 3. The lowest BCUT2D eigenvalue weighted by Gasteiger charge is -2.26. The fourth-order valence-corrected chi connectivity index (χ4v) is 2.12. The third-order valence-electron chi connectivity index (χ3n) is 3.66. The van der Waals surface area contributed by atoms with Gasteiger partial charge < -0.3 is 10.2 Å². The van der Waals surface area contributed by atoms with E-state index in [4.69, 9.17) is 4.98 Å². The molecule has 1 heterocycles. The summed E-state index contributed by atoms with van der Waals surface area (Å²) in [5, 5.41) is 3.14. The fraction of sp³-hybridized carbons (Fsp3) is 0.714. The van der Waals surface area contributed by atoms with Crippen LogP contribution in [-0.2, 0) is 0 Å². The van der Waals surface area contributed by atoms with E-state index in [0.717, 1.165) is 17.5 Å². The second-order valence-electron chi connectivity index (χ2n) is 5.24. The van der Waals surface area contributed by atoms with E-state index in [1.807, 2.05) is 13.1 Å². The molecule has 0 amide bonds. The topological polar surface area (TPSA) is 41.0 Å². The van der Waals surface area contributed by atoms with Gasteiger partial charge in [0.25, 0.3) is 0 Å². The summed E-state index contributed by atoms with van der Waals surface area (Å²) < 4.78 is 0. The van der Waals surface area contributed by atoms with Crippen LogP contribution in [0.1, 0.15) is 51.3 Å². The number of nitrogens with one attached hydrogen (secondary N) is 1. The fourth-order valence-electron chi connectivity index (χ4n) is 2.12. The van der Waals surface area contributed by atoms with Gasteiger partial charge in [-0.05, 0) is 26.2 Å². The monoisotopic (exact) mass is 248 g/mol. The van der Waals surface area contributed by atoms with Crippen molar-refractivity contribution in [1.29, 1.82) is 0 Å². The highest BCUT2D eigenvalue weighted by Gasteiger charge is 2.28. The maximum atomic E-state index is 4.72. The van der Waals surface area contributed by atoms with Gasteiger partial charge in [0.05, 0.1) is 0 Å². The van der Waals surface area contributed by atoms with Crippen molar-refractivity contribution in [3.8, 4) is 0 Å². The molecular formula is C14H24N4. The van der Waals surface area contributed by atoms with E-state index in [2.05, 4.69) is 36.1 Å². The molecule has 2 rings (SSSR count). The molecular weight excluding hydrogens is 224 g/mol. The van der Waals surface area contributed by atoms with Gasteiger partial charge in [-0.2, -0.15) is 0 Å². The quantitative estimate of drug-likeness (QED) is 0.840. The molecule has 0 saturated heterocycles. The smallest absolute Gasteiger partial charge is 0.136 e. The van der Waals surface area contributed by atoms with Crippen LogP contribution in [-0.4, -0.2) is 30.1 Å². The minimum atomic E-state index is 0.515. The van der Waals surface area contributed by atoms with Crippen molar-refractivity contribution in [2.45, 2.75) is 51.5 Å². The van der Waals surface area contributed by atoms with Crippen LogP contribution in [0, 0.1) is 0 Å². The SMILES string of the molecule is CCCC(C)N(C)c1cc(NC)nc(C2CC2)n1. The van der Waals surface area contributed by atoms with Gasteiger partial charge in [0.15, 0.2) is 0 Å². The Kier molecular flexibility index (Phi) is 4.04. The first-order valence-corrected chi connectivity index (χ1v) is 6.95. The maximum absolute atomic E-state index is 4.72. The first-order valence-electron chi connectivity index (χ1n) is 6.95. The van der Waals surface area contributed by atoms with E-state index in [1.165, 1.54) is 25.7 Å². The van der Waals surface area contributed by atoms with E-state index in [-0.39, 0.29) is 0 Å². The van der Waals surface area contributed by atoms with Crippen molar-refractivity contribution >= 4 is 11.6 Å². The highest BCUT2D eigenvalue weighted by molar-refractivity contribution is 5.49. The molecule has 4 nitrogen and oxygen atoms in total. The minimum absolute atomic E-state index is 0.515. The number of anilines is 2. The lowest BCUT2D eigenvalue weighted by molar-refractivity contribution is 0.609. The van der Waals surface area contributed by atoms with Gasteiger partial charge in [-0.1, -0.05) is 13.3 Å². The lowest BCUT2D eigenvalue weighted by Crippen LogP contribution is -2.29. The summed E-state index contributed by atoms with van der Waals surface area (Å²) in [7, 11) is 4.04. The summed E-state index contributed by atoms with van der Waals surface area (Å²) >= 11 is 0. The van der Waals surface area contributed by atoms with Gasteiger partial charge in [0, 0.05) is 32.1 Å². The van der Waals surface area contributed by atoms with Crippen LogP contribution in [0.4, 0.5) is 11.6 Å². The molecule has 1 aromatic heterocycles. The Bertz CT molecular complexity index is 401. The van der Waals surface area contributed by atoms with Crippen LogP contribution in [0.2, 0.25) is 0 Å². The second-order valence-corrected chi connectivity index (χ2v) is 5.24. The van der Waals surface area contributed by atoms with Gasteiger partial charge in [-0.15, -0.1) is 0 Å². The molecule has 0 spiro atoms. The van der Waals surface area contributed by atoms with Gasteiger partial charge in [-0.3, -0.25) is 0 Å². The van der Waals surface area contributed by atoms with Gasteiger partial charge in [-0.25, -0.2) is 9.97 Å². The van der Waals surface area contributed by atoms with Crippen molar-refractivity contribution in [3.63, 3.8) is 0 Å². The molecule has 1 aliphatic carbocycles. The Balaban J connectivity index is 2.22. The molecule has 1 unspecified atom stereocenters. The average molecular weight is 248 g/mol. The van der Waals surface area contributed by atoms with Crippen LogP contribution < -0.4 is 10.2 Å². The zero-order valence-electron chi connectivity index (χ0n) is 11.9. The highest BCUT2D eigenvalue weighted by Crippen LogP contribution is 2.39. The Morgan fingerprint density at radius 1 is 1.44 bits per heavy atom. The molecule has 1 aliphatic rings. The van der Waals surface area contributed by atoms with Crippen molar-refractivity contribution < 1.29 is 0 Å². The summed E-state index contributed by atoms with van der Waals surface area (Å²) in [5.41, 5.74) is 0. The van der Waals surface area contributed by atoms with Gasteiger partial charge in [0.1, 0.15) is 17.5 Å². The molecule has 1 fully saturated rings. The Labute approximate surface area is 110 Å². The summed E-state index contributed by atoms with van der Waals surface area (Å²) in [6, 6.07) is 2.56. The van der Waals surface area contributed by atoms with Crippen molar-refractivity contribution in [2.24, 2.45) is 0 Å². The minimum Gasteiger partial charge on any atom is -0.373 e. The summed E-state index contributed by atoms with van der Waals surface area (Å²) in [5.74, 6) is 3.56. The first kappa shape index (κ1) is 13.1. The molecule has 1 atom stereocenters. The average Bonchev–Trinajstić information content (AvgIpc) is 3.21. The van der Waals surface area contributed by atoms with Crippen LogP contribution in [0.3, 0.4) is 0 Å². The van der Waals surface area contributed by atoms with E-state index in [9.17, 15) is 0 Å². The molecule has 4 heteroatoms.